The second kappa shape index (κ2) is 6.54. The van der Waals surface area contributed by atoms with Crippen molar-refractivity contribution in [3.05, 3.63) is 45.8 Å². The number of ether oxygens (including phenoxy) is 1. The molecular weight excluding hydrogens is 334 g/mol. The zero-order valence-corrected chi connectivity index (χ0v) is 12.9. The van der Waals surface area contributed by atoms with Gasteiger partial charge in [-0.15, -0.1) is 0 Å². The third-order valence-corrected chi connectivity index (χ3v) is 4.28. The van der Waals surface area contributed by atoms with Crippen molar-refractivity contribution in [1.29, 1.82) is 0 Å². The number of hydrogen-bond donors (Lipinski definition) is 5. The Morgan fingerprint density at radius 1 is 1.12 bits per heavy atom. The van der Waals surface area contributed by atoms with Crippen LogP contribution in [0.15, 0.2) is 33.5 Å². The summed E-state index contributed by atoms with van der Waals surface area (Å²) in [6, 6.07) is 6.23. The molecule has 25 heavy (non-hydrogen) atoms. The molecule has 1 aliphatic rings. The number of amides is 1. The van der Waals surface area contributed by atoms with Gasteiger partial charge in [-0.25, -0.2) is 4.79 Å². The minimum atomic E-state index is -1.67. The lowest BCUT2D eigenvalue weighted by Crippen LogP contribution is -2.55. The van der Waals surface area contributed by atoms with E-state index in [9.17, 15) is 30.0 Å². The van der Waals surface area contributed by atoms with Crippen LogP contribution < -0.4 is 11.4 Å². The molecule has 3 rings (SSSR count). The van der Waals surface area contributed by atoms with Crippen molar-refractivity contribution < 1.29 is 34.4 Å². The Morgan fingerprint density at radius 3 is 2.44 bits per heavy atom. The van der Waals surface area contributed by atoms with Crippen LogP contribution in [-0.2, 0) is 4.74 Å². The van der Waals surface area contributed by atoms with Crippen molar-refractivity contribution in [2.75, 3.05) is 6.61 Å². The number of aliphatic hydroxyl groups excluding tert-OH is 4. The van der Waals surface area contributed by atoms with E-state index in [1.807, 2.05) is 0 Å². The summed E-state index contributed by atoms with van der Waals surface area (Å²) >= 11 is 0. The largest absolute Gasteiger partial charge is 0.422 e. The van der Waals surface area contributed by atoms with Crippen LogP contribution in [0.5, 0.6) is 0 Å². The fourth-order valence-electron chi connectivity index (χ4n) is 3.04. The number of hydrogen-bond acceptors (Lipinski definition) is 8. The van der Waals surface area contributed by atoms with Crippen molar-refractivity contribution in [2.24, 2.45) is 5.73 Å². The Morgan fingerprint density at radius 2 is 1.80 bits per heavy atom. The van der Waals surface area contributed by atoms with E-state index in [1.165, 1.54) is 12.1 Å². The molecule has 0 spiro atoms. The number of fused-ring (bicyclic) bond motifs is 1. The van der Waals surface area contributed by atoms with Gasteiger partial charge >= 0.3 is 5.63 Å². The number of aliphatic hydroxyl groups is 4. The summed E-state index contributed by atoms with van der Waals surface area (Å²) in [7, 11) is 0. The van der Waals surface area contributed by atoms with Gasteiger partial charge in [0.2, 0.25) is 0 Å². The monoisotopic (exact) mass is 351 g/mol. The first kappa shape index (κ1) is 17.5. The fraction of sp³-hybridized carbons (Fsp3) is 0.375. The number of rotatable bonds is 3. The maximum atomic E-state index is 12.2. The topological polar surface area (TPSA) is 163 Å². The lowest BCUT2D eigenvalue weighted by molar-refractivity contribution is -0.231. The Bertz CT molecular complexity index is 861. The number of primary amides is 1. The Balaban J connectivity index is 2.28. The molecule has 9 nitrogen and oxygen atoms in total. The highest BCUT2D eigenvalue weighted by Crippen LogP contribution is 2.36. The number of nitrogens with two attached hydrogens (primary N) is 1. The first-order chi connectivity index (χ1) is 11.9. The maximum Gasteiger partial charge on any atom is 0.349 e. The molecule has 9 heteroatoms. The molecule has 0 aliphatic carbocycles. The van der Waals surface area contributed by atoms with Gasteiger partial charge in [0.1, 0.15) is 41.7 Å². The normalized spacial score (nSPS) is 29.7. The molecule has 134 valence electrons. The van der Waals surface area contributed by atoms with E-state index in [-0.39, 0.29) is 16.5 Å². The average molecular weight is 351 g/mol. The molecule has 1 fully saturated rings. The van der Waals surface area contributed by atoms with E-state index < -0.39 is 54.2 Å². The molecule has 1 aromatic heterocycles. The van der Waals surface area contributed by atoms with Gasteiger partial charge in [-0.3, -0.25) is 4.79 Å². The standard InChI is InChI=1S/C16H17NO8/c17-15(22)10-9(6-3-1-2-4-7(6)25-16(10)23)14-13(21)12(20)11(19)8(5-18)24-14/h1-4,8,11-14,18-21H,5H2,(H2,17,22)/t8-,11+,12+,13-,14?/m1/s1. The van der Waals surface area contributed by atoms with Crippen LogP contribution >= 0.6 is 0 Å². The van der Waals surface area contributed by atoms with Gasteiger partial charge in [-0.1, -0.05) is 18.2 Å². The summed E-state index contributed by atoms with van der Waals surface area (Å²) in [6.45, 7) is -0.646. The summed E-state index contributed by atoms with van der Waals surface area (Å²) in [5.41, 5.74) is 3.82. The van der Waals surface area contributed by atoms with Crippen molar-refractivity contribution in [1.82, 2.24) is 0 Å². The van der Waals surface area contributed by atoms with Crippen LogP contribution in [0.1, 0.15) is 22.0 Å². The maximum absolute atomic E-state index is 12.2. The van der Waals surface area contributed by atoms with Gasteiger partial charge in [0.05, 0.1) is 6.61 Å². The molecule has 1 saturated heterocycles. The van der Waals surface area contributed by atoms with Crippen LogP contribution in [0, 0.1) is 0 Å². The molecule has 1 unspecified atom stereocenters. The Kier molecular flexibility index (Phi) is 4.58. The van der Waals surface area contributed by atoms with E-state index in [0.717, 1.165) is 0 Å². The highest BCUT2D eigenvalue weighted by atomic mass is 16.5. The van der Waals surface area contributed by atoms with E-state index in [1.54, 1.807) is 12.1 Å². The predicted octanol–water partition coefficient (Wildman–Crippen LogP) is -1.59. The lowest BCUT2D eigenvalue weighted by atomic mass is 9.88. The van der Waals surface area contributed by atoms with Crippen LogP contribution in [0.3, 0.4) is 0 Å². The van der Waals surface area contributed by atoms with Crippen LogP contribution in [0.25, 0.3) is 11.0 Å². The molecule has 0 saturated carbocycles. The van der Waals surface area contributed by atoms with Crippen molar-refractivity contribution >= 4 is 16.9 Å². The first-order valence-electron chi connectivity index (χ1n) is 7.53. The van der Waals surface area contributed by atoms with Crippen LogP contribution in [0.2, 0.25) is 0 Å². The molecule has 5 atom stereocenters. The number of carbonyl (C=O) groups excluding carboxylic acids is 1. The molecule has 0 radical (unpaired) electrons. The average Bonchev–Trinajstić information content (AvgIpc) is 2.59. The third-order valence-electron chi connectivity index (χ3n) is 4.28. The molecule has 2 aromatic rings. The van der Waals surface area contributed by atoms with Crippen LogP contribution in [-0.4, -0.2) is 57.4 Å². The smallest absolute Gasteiger partial charge is 0.349 e. The summed E-state index contributed by atoms with van der Waals surface area (Å²) in [5, 5.41) is 39.8. The second-order valence-corrected chi connectivity index (χ2v) is 5.79. The van der Waals surface area contributed by atoms with Crippen molar-refractivity contribution in [2.45, 2.75) is 30.5 Å². The second-order valence-electron chi connectivity index (χ2n) is 5.79. The SMILES string of the molecule is NC(=O)c1c(C2O[C@H](CO)[C@H](O)[C@H](O)[C@H]2O)c2ccccc2oc1=O. The summed E-state index contributed by atoms with van der Waals surface area (Å²) in [6.07, 6.45) is -7.48. The van der Waals surface area contributed by atoms with E-state index in [4.69, 9.17) is 14.9 Å². The van der Waals surface area contributed by atoms with Crippen LogP contribution in [0.4, 0.5) is 0 Å². The van der Waals surface area contributed by atoms with Crippen molar-refractivity contribution in [3.63, 3.8) is 0 Å². The molecular formula is C16H17NO8. The quantitative estimate of drug-likeness (QED) is 0.413. The summed E-state index contributed by atoms with van der Waals surface area (Å²) < 4.78 is 10.5. The molecule has 0 bridgehead atoms. The molecule has 2 heterocycles. The zero-order valence-electron chi connectivity index (χ0n) is 12.9. The Hall–Kier alpha value is -2.30. The summed E-state index contributed by atoms with van der Waals surface area (Å²) in [4.78, 5) is 24.0. The minimum Gasteiger partial charge on any atom is -0.422 e. The third kappa shape index (κ3) is 2.81. The first-order valence-corrected chi connectivity index (χ1v) is 7.53. The molecule has 6 N–H and O–H groups in total. The molecule has 1 amide bonds. The highest BCUT2D eigenvalue weighted by Gasteiger charge is 2.46. The fourth-order valence-corrected chi connectivity index (χ4v) is 3.04. The van der Waals surface area contributed by atoms with E-state index >= 15 is 0 Å². The molecule has 1 aromatic carbocycles. The van der Waals surface area contributed by atoms with E-state index in [2.05, 4.69) is 0 Å². The van der Waals surface area contributed by atoms with Crippen molar-refractivity contribution in [3.8, 4) is 0 Å². The van der Waals surface area contributed by atoms with Gasteiger partial charge in [-0.2, -0.15) is 0 Å². The van der Waals surface area contributed by atoms with Gasteiger partial charge < -0.3 is 35.3 Å². The molecule has 1 aliphatic heterocycles. The Labute approximate surface area is 140 Å². The number of carbonyl (C=O) groups is 1. The number of benzene rings is 1. The lowest BCUT2D eigenvalue weighted by Gasteiger charge is -2.40. The van der Waals surface area contributed by atoms with Gasteiger partial charge in [-0.05, 0) is 6.07 Å². The van der Waals surface area contributed by atoms with Gasteiger partial charge in [0.15, 0.2) is 0 Å². The summed E-state index contributed by atoms with van der Waals surface area (Å²) in [5.74, 6) is -1.09. The van der Waals surface area contributed by atoms with Gasteiger partial charge in [0.25, 0.3) is 5.91 Å². The zero-order chi connectivity index (χ0) is 18.3. The number of para-hydroxylation sites is 1. The van der Waals surface area contributed by atoms with Gasteiger partial charge in [0, 0.05) is 10.9 Å². The predicted molar refractivity (Wildman–Crippen MR) is 83.7 cm³/mol. The minimum absolute atomic E-state index is 0.0590. The highest BCUT2D eigenvalue weighted by molar-refractivity contribution is 5.98. The van der Waals surface area contributed by atoms with E-state index in [0.29, 0.717) is 0 Å².